The van der Waals surface area contributed by atoms with Crippen LogP contribution >= 0.6 is 0 Å². The fourth-order valence-corrected chi connectivity index (χ4v) is 1.76. The SMILES string of the molecule is CC(C)c1cnc(N2CCC(N)C2)nc1. The third-order valence-corrected chi connectivity index (χ3v) is 2.83. The fraction of sp³-hybridized carbons (Fsp3) is 0.636. The normalized spacial score (nSPS) is 21.3. The molecular weight excluding hydrogens is 188 g/mol. The molecule has 1 fully saturated rings. The standard InChI is InChI=1S/C11H18N4/c1-8(2)9-5-13-11(14-6-9)15-4-3-10(12)7-15/h5-6,8,10H,3-4,7,12H2,1-2H3. The molecule has 4 nitrogen and oxygen atoms in total. The highest BCUT2D eigenvalue weighted by Crippen LogP contribution is 2.17. The first-order valence-corrected chi connectivity index (χ1v) is 5.49. The van der Waals surface area contributed by atoms with E-state index in [-0.39, 0.29) is 6.04 Å². The lowest BCUT2D eigenvalue weighted by Gasteiger charge is -2.15. The highest BCUT2D eigenvalue weighted by molar-refractivity contribution is 5.32. The molecule has 4 heteroatoms. The van der Waals surface area contributed by atoms with Crippen molar-refractivity contribution in [1.82, 2.24) is 9.97 Å². The number of rotatable bonds is 2. The molecule has 0 radical (unpaired) electrons. The highest BCUT2D eigenvalue weighted by Gasteiger charge is 2.20. The second-order valence-corrected chi connectivity index (χ2v) is 4.47. The van der Waals surface area contributed by atoms with Gasteiger partial charge in [0.1, 0.15) is 0 Å². The van der Waals surface area contributed by atoms with Crippen molar-refractivity contribution in [1.29, 1.82) is 0 Å². The number of hydrogen-bond acceptors (Lipinski definition) is 4. The highest BCUT2D eigenvalue weighted by atomic mass is 15.3. The van der Waals surface area contributed by atoms with E-state index in [4.69, 9.17) is 5.73 Å². The van der Waals surface area contributed by atoms with Crippen LogP contribution in [0.5, 0.6) is 0 Å². The van der Waals surface area contributed by atoms with E-state index in [0.717, 1.165) is 25.5 Å². The molecule has 0 aliphatic carbocycles. The Labute approximate surface area is 90.5 Å². The molecule has 2 rings (SSSR count). The molecule has 0 amide bonds. The van der Waals surface area contributed by atoms with Crippen LogP contribution < -0.4 is 10.6 Å². The molecule has 1 aromatic rings. The molecule has 0 spiro atoms. The summed E-state index contributed by atoms with van der Waals surface area (Å²) in [7, 11) is 0. The Kier molecular flexibility index (Phi) is 2.86. The van der Waals surface area contributed by atoms with Crippen molar-refractivity contribution in [3.8, 4) is 0 Å². The molecule has 2 N–H and O–H groups in total. The second-order valence-electron chi connectivity index (χ2n) is 4.47. The van der Waals surface area contributed by atoms with Crippen LogP contribution in [0.2, 0.25) is 0 Å². The molecule has 82 valence electrons. The van der Waals surface area contributed by atoms with E-state index < -0.39 is 0 Å². The Hall–Kier alpha value is -1.16. The zero-order valence-corrected chi connectivity index (χ0v) is 9.35. The molecule has 0 bridgehead atoms. The molecule has 1 aliphatic rings. The van der Waals surface area contributed by atoms with Gasteiger partial charge in [0.2, 0.25) is 5.95 Å². The maximum Gasteiger partial charge on any atom is 0.225 e. The van der Waals surface area contributed by atoms with Gasteiger partial charge in [-0.05, 0) is 17.9 Å². The Morgan fingerprint density at radius 2 is 2.07 bits per heavy atom. The summed E-state index contributed by atoms with van der Waals surface area (Å²) in [5, 5.41) is 0. The predicted molar refractivity (Wildman–Crippen MR) is 60.9 cm³/mol. The molecular formula is C11H18N4. The lowest BCUT2D eigenvalue weighted by atomic mass is 10.1. The van der Waals surface area contributed by atoms with Gasteiger partial charge in [-0.3, -0.25) is 0 Å². The topological polar surface area (TPSA) is 55.0 Å². The van der Waals surface area contributed by atoms with Gasteiger partial charge in [-0.15, -0.1) is 0 Å². The third-order valence-electron chi connectivity index (χ3n) is 2.83. The van der Waals surface area contributed by atoms with Crippen molar-refractivity contribution >= 4 is 5.95 Å². The molecule has 0 saturated carbocycles. The van der Waals surface area contributed by atoms with Crippen LogP contribution in [0.25, 0.3) is 0 Å². The van der Waals surface area contributed by atoms with Crippen LogP contribution in [0.3, 0.4) is 0 Å². The van der Waals surface area contributed by atoms with Gasteiger partial charge >= 0.3 is 0 Å². The van der Waals surface area contributed by atoms with Crippen LogP contribution in [0.1, 0.15) is 31.7 Å². The average Bonchev–Trinajstić information content (AvgIpc) is 2.65. The van der Waals surface area contributed by atoms with Gasteiger partial charge in [0, 0.05) is 31.5 Å². The van der Waals surface area contributed by atoms with Crippen molar-refractivity contribution in [2.45, 2.75) is 32.2 Å². The number of nitrogens with two attached hydrogens (primary N) is 1. The van der Waals surface area contributed by atoms with E-state index in [0.29, 0.717) is 5.92 Å². The molecule has 15 heavy (non-hydrogen) atoms. The average molecular weight is 206 g/mol. The summed E-state index contributed by atoms with van der Waals surface area (Å²) in [5.41, 5.74) is 7.03. The maximum absolute atomic E-state index is 5.84. The molecule has 2 heterocycles. The van der Waals surface area contributed by atoms with Gasteiger partial charge in [-0.1, -0.05) is 13.8 Å². The minimum absolute atomic E-state index is 0.276. The Balaban J connectivity index is 2.10. The zero-order chi connectivity index (χ0) is 10.8. The number of hydrogen-bond donors (Lipinski definition) is 1. The molecule has 1 aromatic heterocycles. The second kappa shape index (κ2) is 4.14. The minimum atomic E-state index is 0.276. The summed E-state index contributed by atoms with van der Waals surface area (Å²) in [4.78, 5) is 10.9. The number of anilines is 1. The monoisotopic (exact) mass is 206 g/mol. The van der Waals surface area contributed by atoms with E-state index in [2.05, 4.69) is 28.7 Å². The number of aromatic nitrogens is 2. The Morgan fingerprint density at radius 1 is 1.40 bits per heavy atom. The van der Waals surface area contributed by atoms with E-state index in [1.54, 1.807) is 0 Å². The maximum atomic E-state index is 5.84. The van der Waals surface area contributed by atoms with Gasteiger partial charge in [0.15, 0.2) is 0 Å². The Bertz CT molecular complexity index is 320. The Morgan fingerprint density at radius 3 is 2.53 bits per heavy atom. The lowest BCUT2D eigenvalue weighted by Crippen LogP contribution is -2.27. The lowest BCUT2D eigenvalue weighted by molar-refractivity contribution is 0.749. The third kappa shape index (κ3) is 2.26. The summed E-state index contributed by atoms with van der Waals surface area (Å²) in [6.07, 6.45) is 4.86. The smallest absolute Gasteiger partial charge is 0.225 e. The summed E-state index contributed by atoms with van der Waals surface area (Å²) in [5.74, 6) is 1.30. The largest absolute Gasteiger partial charge is 0.339 e. The minimum Gasteiger partial charge on any atom is -0.339 e. The van der Waals surface area contributed by atoms with Crippen molar-refractivity contribution in [2.75, 3.05) is 18.0 Å². The quantitative estimate of drug-likeness (QED) is 0.788. The molecule has 1 unspecified atom stereocenters. The molecule has 1 saturated heterocycles. The predicted octanol–water partition coefficient (Wildman–Crippen LogP) is 1.14. The first-order chi connectivity index (χ1) is 7.16. The van der Waals surface area contributed by atoms with Gasteiger partial charge in [0.25, 0.3) is 0 Å². The summed E-state index contributed by atoms with van der Waals surface area (Å²) >= 11 is 0. The first-order valence-electron chi connectivity index (χ1n) is 5.49. The van der Waals surface area contributed by atoms with E-state index in [1.165, 1.54) is 5.56 Å². The van der Waals surface area contributed by atoms with Crippen molar-refractivity contribution in [3.63, 3.8) is 0 Å². The van der Waals surface area contributed by atoms with Gasteiger partial charge < -0.3 is 10.6 Å². The molecule has 0 aromatic carbocycles. The number of nitrogens with zero attached hydrogens (tertiary/aromatic N) is 3. The first kappa shape index (κ1) is 10.4. The summed E-state index contributed by atoms with van der Waals surface area (Å²) < 4.78 is 0. The van der Waals surface area contributed by atoms with Gasteiger partial charge in [0.05, 0.1) is 0 Å². The summed E-state index contributed by atoms with van der Waals surface area (Å²) in [6.45, 7) is 6.14. The van der Waals surface area contributed by atoms with Crippen LogP contribution in [0.4, 0.5) is 5.95 Å². The van der Waals surface area contributed by atoms with Crippen LogP contribution in [0.15, 0.2) is 12.4 Å². The fourth-order valence-electron chi connectivity index (χ4n) is 1.76. The van der Waals surface area contributed by atoms with Crippen LogP contribution in [-0.2, 0) is 0 Å². The van der Waals surface area contributed by atoms with E-state index in [9.17, 15) is 0 Å². The van der Waals surface area contributed by atoms with Gasteiger partial charge in [-0.2, -0.15) is 0 Å². The molecule has 1 atom stereocenters. The van der Waals surface area contributed by atoms with Crippen molar-refractivity contribution in [3.05, 3.63) is 18.0 Å². The molecule has 1 aliphatic heterocycles. The summed E-state index contributed by atoms with van der Waals surface area (Å²) in [6, 6.07) is 0.276. The zero-order valence-electron chi connectivity index (χ0n) is 9.35. The van der Waals surface area contributed by atoms with Crippen LogP contribution in [-0.4, -0.2) is 29.1 Å². The van der Waals surface area contributed by atoms with Crippen LogP contribution in [0, 0.1) is 0 Å². The van der Waals surface area contributed by atoms with Gasteiger partial charge in [-0.25, -0.2) is 9.97 Å². The van der Waals surface area contributed by atoms with Crippen molar-refractivity contribution < 1.29 is 0 Å². The van der Waals surface area contributed by atoms with Crippen molar-refractivity contribution in [2.24, 2.45) is 5.73 Å². The van der Waals surface area contributed by atoms with E-state index in [1.807, 2.05) is 12.4 Å². The van der Waals surface area contributed by atoms with E-state index >= 15 is 0 Å².